The molecule has 0 aromatic rings. The summed E-state index contributed by atoms with van der Waals surface area (Å²) in [5.74, 6) is 0. The monoisotopic (exact) mass is 101 g/mol. The summed E-state index contributed by atoms with van der Waals surface area (Å²) in [5.41, 5.74) is 2.60. The van der Waals surface area contributed by atoms with Gasteiger partial charge in [0.25, 0.3) is 0 Å². The van der Waals surface area contributed by atoms with Gasteiger partial charge in [-0.05, 0) is 13.8 Å². The molecule has 0 aliphatic heterocycles. The molecule has 2 nitrogen and oxygen atoms in total. The maximum absolute atomic E-state index is 4.74. The molecule has 42 valence electrons. The van der Waals surface area contributed by atoms with Gasteiger partial charge >= 0.3 is 0 Å². The Balaban J connectivity index is 2.69. The van der Waals surface area contributed by atoms with E-state index in [-0.39, 0.29) is 0 Å². The van der Waals surface area contributed by atoms with Crippen molar-refractivity contribution >= 4 is 0 Å². The predicted octanol–water partition coefficient (Wildman–Crippen LogP) is 1.06. The molecule has 0 atom stereocenters. The van der Waals surface area contributed by atoms with E-state index in [9.17, 15) is 0 Å². The Morgan fingerprint density at radius 2 is 2.43 bits per heavy atom. The van der Waals surface area contributed by atoms with E-state index in [4.69, 9.17) is 4.84 Å². The Bertz CT molecular complexity index is 52.0. The quantitative estimate of drug-likeness (QED) is 0.424. The first-order valence-corrected chi connectivity index (χ1v) is 2.40. The lowest BCUT2D eigenvalue weighted by molar-refractivity contribution is 0.0825. The lowest BCUT2D eigenvalue weighted by Crippen LogP contribution is -2.04. The summed E-state index contributed by atoms with van der Waals surface area (Å²) >= 11 is 0. The van der Waals surface area contributed by atoms with Crippen molar-refractivity contribution in [3.8, 4) is 0 Å². The number of hydrogen-bond donors (Lipinski definition) is 1. The molecule has 0 aliphatic rings. The van der Waals surface area contributed by atoms with Gasteiger partial charge in [-0.3, -0.25) is 10.3 Å². The molecule has 0 saturated carbocycles. The summed E-state index contributed by atoms with van der Waals surface area (Å²) < 4.78 is 0. The first-order valence-electron chi connectivity index (χ1n) is 2.40. The number of nitrogens with one attached hydrogen (secondary N) is 1. The maximum atomic E-state index is 4.74. The normalized spacial score (nSPS) is 10.0. The highest BCUT2D eigenvalue weighted by Gasteiger charge is 1.66. The van der Waals surface area contributed by atoms with Crippen LogP contribution in [0.5, 0.6) is 0 Å². The van der Waals surface area contributed by atoms with Crippen LogP contribution in [0.15, 0.2) is 12.3 Å². The minimum Gasteiger partial charge on any atom is -0.277 e. The van der Waals surface area contributed by atoms with Gasteiger partial charge in [-0.1, -0.05) is 6.08 Å². The summed E-state index contributed by atoms with van der Waals surface area (Å²) in [6, 6.07) is 0. The molecule has 1 N–H and O–H groups in total. The third kappa shape index (κ3) is 5.50. The van der Waals surface area contributed by atoms with Crippen LogP contribution < -0.4 is 5.48 Å². The second-order valence-electron chi connectivity index (χ2n) is 1.05. The van der Waals surface area contributed by atoms with E-state index in [0.717, 1.165) is 0 Å². The molecule has 0 amide bonds. The summed E-state index contributed by atoms with van der Waals surface area (Å²) in [6.45, 7) is 4.55. The fourth-order valence-corrected chi connectivity index (χ4v) is 0.199. The van der Waals surface area contributed by atoms with Gasteiger partial charge in [0.1, 0.15) is 0 Å². The Labute approximate surface area is 44.1 Å². The fourth-order valence-electron chi connectivity index (χ4n) is 0.199. The fraction of sp³-hybridized carbons (Fsp3) is 0.600. The van der Waals surface area contributed by atoms with Crippen LogP contribution in [-0.2, 0) is 4.84 Å². The molecule has 0 fully saturated rings. The Morgan fingerprint density at radius 1 is 1.71 bits per heavy atom. The molecule has 0 bridgehead atoms. The molecule has 0 aromatic carbocycles. The van der Waals surface area contributed by atoms with E-state index >= 15 is 0 Å². The summed E-state index contributed by atoms with van der Waals surface area (Å²) in [7, 11) is 0. The highest BCUT2D eigenvalue weighted by Crippen LogP contribution is 1.64. The smallest absolute Gasteiger partial charge is 0.0717 e. The van der Waals surface area contributed by atoms with Crippen molar-refractivity contribution in [2.24, 2.45) is 0 Å². The van der Waals surface area contributed by atoms with Crippen LogP contribution >= 0.6 is 0 Å². The molecular formula is C5H11NO. The standard InChI is InChI=1S/C5H11NO/c1-3-5-6-7-4-2/h3,5-6H,4H2,1-2H3/b5-3-. The van der Waals surface area contributed by atoms with Gasteiger partial charge in [0.2, 0.25) is 0 Å². The van der Waals surface area contributed by atoms with Gasteiger partial charge in [-0.15, -0.1) is 0 Å². The van der Waals surface area contributed by atoms with E-state index in [0.29, 0.717) is 6.61 Å². The highest BCUT2D eigenvalue weighted by atomic mass is 16.6. The van der Waals surface area contributed by atoms with Crippen molar-refractivity contribution in [2.75, 3.05) is 6.61 Å². The third-order valence-electron chi connectivity index (χ3n) is 0.462. The zero-order valence-electron chi connectivity index (χ0n) is 4.77. The van der Waals surface area contributed by atoms with Crippen LogP contribution in [-0.4, -0.2) is 6.61 Å². The van der Waals surface area contributed by atoms with E-state index < -0.39 is 0 Å². The molecule has 0 radical (unpaired) electrons. The minimum atomic E-state index is 0.699. The van der Waals surface area contributed by atoms with E-state index in [1.54, 1.807) is 6.20 Å². The lowest BCUT2D eigenvalue weighted by atomic mass is 10.7. The Morgan fingerprint density at radius 3 is 2.86 bits per heavy atom. The van der Waals surface area contributed by atoms with Crippen LogP contribution in [0.3, 0.4) is 0 Å². The molecule has 0 unspecified atom stereocenters. The molecular weight excluding hydrogens is 90.1 g/mol. The van der Waals surface area contributed by atoms with Gasteiger partial charge in [-0.25, -0.2) is 0 Å². The molecule has 0 heterocycles. The largest absolute Gasteiger partial charge is 0.277 e. The molecule has 0 spiro atoms. The summed E-state index contributed by atoms with van der Waals surface area (Å²) in [6.07, 6.45) is 3.61. The average molecular weight is 101 g/mol. The van der Waals surface area contributed by atoms with Crippen LogP contribution in [0.4, 0.5) is 0 Å². The number of allylic oxidation sites excluding steroid dienone is 1. The molecule has 0 saturated heterocycles. The van der Waals surface area contributed by atoms with Gasteiger partial charge in [0.15, 0.2) is 0 Å². The van der Waals surface area contributed by atoms with Crippen LogP contribution in [0, 0.1) is 0 Å². The second-order valence-corrected chi connectivity index (χ2v) is 1.05. The van der Waals surface area contributed by atoms with Gasteiger partial charge < -0.3 is 0 Å². The van der Waals surface area contributed by atoms with Crippen molar-refractivity contribution in [2.45, 2.75) is 13.8 Å². The molecule has 7 heavy (non-hydrogen) atoms. The Hall–Kier alpha value is -0.500. The zero-order chi connectivity index (χ0) is 5.54. The number of rotatable bonds is 3. The number of hydroxylamine groups is 1. The molecule has 0 rings (SSSR count). The SMILES string of the molecule is C/C=C\NOCC. The van der Waals surface area contributed by atoms with Gasteiger partial charge in [0, 0.05) is 6.20 Å². The predicted molar refractivity (Wildman–Crippen MR) is 29.6 cm³/mol. The lowest BCUT2D eigenvalue weighted by Gasteiger charge is -1.93. The van der Waals surface area contributed by atoms with Crippen molar-refractivity contribution in [3.63, 3.8) is 0 Å². The third-order valence-corrected chi connectivity index (χ3v) is 0.462. The molecule has 0 aliphatic carbocycles. The first-order chi connectivity index (χ1) is 3.41. The van der Waals surface area contributed by atoms with Crippen molar-refractivity contribution < 1.29 is 4.84 Å². The summed E-state index contributed by atoms with van der Waals surface area (Å²) in [5, 5.41) is 0. The summed E-state index contributed by atoms with van der Waals surface area (Å²) in [4.78, 5) is 4.74. The molecule has 0 aromatic heterocycles. The van der Waals surface area contributed by atoms with E-state index in [2.05, 4.69) is 5.48 Å². The van der Waals surface area contributed by atoms with Crippen LogP contribution in [0.25, 0.3) is 0 Å². The van der Waals surface area contributed by atoms with Gasteiger partial charge in [0.05, 0.1) is 6.61 Å². The van der Waals surface area contributed by atoms with Crippen LogP contribution in [0.1, 0.15) is 13.8 Å². The van der Waals surface area contributed by atoms with Crippen molar-refractivity contribution in [1.82, 2.24) is 5.48 Å². The highest BCUT2D eigenvalue weighted by molar-refractivity contribution is 4.68. The molecule has 2 heteroatoms. The first kappa shape index (κ1) is 6.50. The number of hydrogen-bond acceptors (Lipinski definition) is 2. The van der Waals surface area contributed by atoms with Crippen LogP contribution in [0.2, 0.25) is 0 Å². The van der Waals surface area contributed by atoms with Crippen molar-refractivity contribution in [3.05, 3.63) is 12.3 Å². The topological polar surface area (TPSA) is 21.3 Å². The van der Waals surface area contributed by atoms with E-state index in [1.165, 1.54) is 0 Å². The average Bonchev–Trinajstić information content (AvgIpc) is 1.69. The second kappa shape index (κ2) is 5.50. The van der Waals surface area contributed by atoms with E-state index in [1.807, 2.05) is 19.9 Å². The Kier molecular flexibility index (Phi) is 5.11. The maximum Gasteiger partial charge on any atom is 0.0717 e. The van der Waals surface area contributed by atoms with Crippen molar-refractivity contribution in [1.29, 1.82) is 0 Å². The minimum absolute atomic E-state index is 0.699. The van der Waals surface area contributed by atoms with Gasteiger partial charge in [-0.2, -0.15) is 0 Å². The zero-order valence-corrected chi connectivity index (χ0v) is 4.77.